The van der Waals surface area contributed by atoms with Gasteiger partial charge < -0.3 is 11.1 Å². The van der Waals surface area contributed by atoms with Gasteiger partial charge in [0.1, 0.15) is 16.5 Å². The van der Waals surface area contributed by atoms with Crippen molar-refractivity contribution in [2.45, 2.75) is 13.3 Å². The summed E-state index contributed by atoms with van der Waals surface area (Å²) in [5, 5.41) is 3.24. The predicted octanol–water partition coefficient (Wildman–Crippen LogP) is 4.40. The molecule has 3 rings (SSSR count). The molecule has 0 atom stereocenters. The highest BCUT2D eigenvalue weighted by molar-refractivity contribution is 7.18. The minimum absolute atomic E-state index is 0.142. The number of halogens is 1. The van der Waals surface area contributed by atoms with Gasteiger partial charge in [0.15, 0.2) is 5.13 Å². The third kappa shape index (κ3) is 3.28. The molecule has 0 aliphatic rings. The number of rotatable bonds is 5. The second kappa shape index (κ2) is 6.80. The SMILES string of the molecule is CCc1ccc(C(=O)c2sc(Nc3ccccc3F)nc2N)cc1. The summed E-state index contributed by atoms with van der Waals surface area (Å²) in [6, 6.07) is 13.7. The first-order chi connectivity index (χ1) is 11.6. The van der Waals surface area contributed by atoms with Gasteiger partial charge in [-0.05, 0) is 24.1 Å². The summed E-state index contributed by atoms with van der Waals surface area (Å²) < 4.78 is 13.7. The molecule has 0 unspecified atom stereocenters. The van der Waals surface area contributed by atoms with E-state index in [0.717, 1.165) is 23.3 Å². The Labute approximate surface area is 143 Å². The molecule has 0 saturated heterocycles. The molecule has 3 N–H and O–H groups in total. The third-order valence-corrected chi connectivity index (χ3v) is 4.58. The number of aryl methyl sites for hydroxylation is 1. The normalized spacial score (nSPS) is 10.6. The van der Waals surface area contributed by atoms with Gasteiger partial charge in [0.25, 0.3) is 0 Å². The largest absolute Gasteiger partial charge is 0.382 e. The minimum atomic E-state index is -0.394. The number of nitrogen functional groups attached to an aromatic ring is 1. The number of hydrogen-bond acceptors (Lipinski definition) is 5. The Balaban J connectivity index is 1.85. The van der Waals surface area contributed by atoms with Crippen molar-refractivity contribution in [3.63, 3.8) is 0 Å². The zero-order chi connectivity index (χ0) is 17.1. The Morgan fingerprint density at radius 1 is 1.21 bits per heavy atom. The maximum Gasteiger partial charge on any atom is 0.206 e. The molecule has 0 bridgehead atoms. The lowest BCUT2D eigenvalue weighted by atomic mass is 10.1. The number of carbonyl (C=O) groups is 1. The van der Waals surface area contributed by atoms with Crippen molar-refractivity contribution in [2.75, 3.05) is 11.1 Å². The zero-order valence-electron chi connectivity index (χ0n) is 13.0. The van der Waals surface area contributed by atoms with Crippen molar-refractivity contribution in [3.8, 4) is 0 Å². The van der Waals surface area contributed by atoms with Crippen LogP contribution in [0.15, 0.2) is 48.5 Å². The quantitative estimate of drug-likeness (QED) is 0.675. The Bertz CT molecular complexity index is 874. The van der Waals surface area contributed by atoms with Crippen LogP contribution in [-0.4, -0.2) is 10.8 Å². The molecule has 1 heterocycles. The van der Waals surface area contributed by atoms with Crippen molar-refractivity contribution < 1.29 is 9.18 Å². The number of nitrogens with one attached hydrogen (secondary N) is 1. The Hall–Kier alpha value is -2.73. The van der Waals surface area contributed by atoms with E-state index in [2.05, 4.69) is 17.2 Å². The lowest BCUT2D eigenvalue weighted by Crippen LogP contribution is -2.02. The molecule has 0 fully saturated rings. The highest BCUT2D eigenvalue weighted by Gasteiger charge is 2.18. The van der Waals surface area contributed by atoms with Crippen molar-refractivity contribution in [1.82, 2.24) is 4.98 Å². The molecule has 0 aliphatic carbocycles. The van der Waals surface area contributed by atoms with Gasteiger partial charge in [-0.3, -0.25) is 4.79 Å². The first-order valence-corrected chi connectivity index (χ1v) is 8.31. The van der Waals surface area contributed by atoms with Crippen molar-refractivity contribution >= 4 is 33.8 Å². The van der Waals surface area contributed by atoms with E-state index in [9.17, 15) is 9.18 Å². The standard InChI is InChI=1S/C18H16FN3OS/c1-2-11-7-9-12(10-8-11)15(23)16-17(20)22-18(24-16)21-14-6-4-3-5-13(14)19/h3-10H,2,20H2,1H3,(H,21,22). The van der Waals surface area contributed by atoms with Crippen LogP contribution in [0.5, 0.6) is 0 Å². The highest BCUT2D eigenvalue weighted by Crippen LogP contribution is 2.30. The topological polar surface area (TPSA) is 68.0 Å². The molecule has 0 amide bonds. The van der Waals surface area contributed by atoms with E-state index in [1.165, 1.54) is 6.07 Å². The van der Waals surface area contributed by atoms with Gasteiger partial charge in [0, 0.05) is 5.56 Å². The van der Waals surface area contributed by atoms with E-state index in [1.54, 1.807) is 30.3 Å². The molecule has 0 aliphatic heterocycles. The number of benzene rings is 2. The number of para-hydroxylation sites is 1. The number of nitrogens with two attached hydrogens (primary N) is 1. The van der Waals surface area contributed by atoms with Gasteiger partial charge in [-0.1, -0.05) is 54.7 Å². The second-order valence-corrected chi connectivity index (χ2v) is 6.22. The van der Waals surface area contributed by atoms with Gasteiger partial charge in [0.05, 0.1) is 5.69 Å². The lowest BCUT2D eigenvalue weighted by molar-refractivity contribution is 0.104. The average molecular weight is 341 g/mol. The number of nitrogens with zero attached hydrogens (tertiary/aromatic N) is 1. The number of carbonyl (C=O) groups excluding carboxylic acids is 1. The smallest absolute Gasteiger partial charge is 0.206 e. The number of thiazole rings is 1. The lowest BCUT2D eigenvalue weighted by Gasteiger charge is -2.02. The fraction of sp³-hybridized carbons (Fsp3) is 0.111. The second-order valence-electron chi connectivity index (χ2n) is 5.22. The molecule has 4 nitrogen and oxygen atoms in total. The van der Waals surface area contributed by atoms with Crippen molar-refractivity contribution in [1.29, 1.82) is 0 Å². The highest BCUT2D eigenvalue weighted by atomic mass is 32.1. The van der Waals surface area contributed by atoms with Gasteiger partial charge in [-0.25, -0.2) is 9.37 Å². The Morgan fingerprint density at radius 2 is 1.92 bits per heavy atom. The molecule has 2 aromatic carbocycles. The van der Waals surface area contributed by atoms with E-state index in [1.807, 2.05) is 12.1 Å². The fourth-order valence-corrected chi connectivity index (χ4v) is 3.11. The fourth-order valence-electron chi connectivity index (χ4n) is 2.25. The Kier molecular flexibility index (Phi) is 4.57. The summed E-state index contributed by atoms with van der Waals surface area (Å²) >= 11 is 1.11. The van der Waals surface area contributed by atoms with E-state index >= 15 is 0 Å². The molecule has 0 radical (unpaired) electrons. The molecule has 1 aromatic heterocycles. The predicted molar refractivity (Wildman–Crippen MR) is 95.5 cm³/mol. The van der Waals surface area contributed by atoms with E-state index in [0.29, 0.717) is 15.6 Å². The van der Waals surface area contributed by atoms with Crippen LogP contribution < -0.4 is 11.1 Å². The number of hydrogen-bond donors (Lipinski definition) is 2. The van der Waals surface area contributed by atoms with Crippen LogP contribution in [0.2, 0.25) is 0 Å². The molecular weight excluding hydrogens is 325 g/mol. The number of aromatic nitrogens is 1. The Morgan fingerprint density at radius 3 is 2.58 bits per heavy atom. The molecule has 24 heavy (non-hydrogen) atoms. The van der Waals surface area contributed by atoms with Gasteiger partial charge in [0.2, 0.25) is 5.78 Å². The number of anilines is 3. The maximum absolute atomic E-state index is 13.7. The van der Waals surface area contributed by atoms with E-state index < -0.39 is 5.82 Å². The summed E-state index contributed by atoms with van der Waals surface area (Å²) in [6.45, 7) is 2.05. The number of ketones is 1. The molecule has 0 saturated carbocycles. The molecule has 3 aromatic rings. The van der Waals surface area contributed by atoms with Crippen LogP contribution in [0.3, 0.4) is 0 Å². The zero-order valence-corrected chi connectivity index (χ0v) is 13.9. The summed E-state index contributed by atoms with van der Waals surface area (Å²) in [5.74, 6) is -0.438. The summed E-state index contributed by atoms with van der Waals surface area (Å²) in [4.78, 5) is 17.1. The van der Waals surface area contributed by atoms with Crippen LogP contribution in [0.1, 0.15) is 27.7 Å². The first-order valence-electron chi connectivity index (χ1n) is 7.50. The van der Waals surface area contributed by atoms with E-state index in [4.69, 9.17) is 5.73 Å². The van der Waals surface area contributed by atoms with Crippen LogP contribution in [-0.2, 0) is 6.42 Å². The van der Waals surface area contributed by atoms with E-state index in [-0.39, 0.29) is 17.3 Å². The molecular formula is C18H16FN3OS. The molecule has 0 spiro atoms. The van der Waals surface area contributed by atoms with Crippen LogP contribution in [0.4, 0.5) is 21.0 Å². The molecule has 6 heteroatoms. The average Bonchev–Trinajstić information content (AvgIpc) is 2.97. The first kappa shape index (κ1) is 16.1. The van der Waals surface area contributed by atoms with Crippen LogP contribution >= 0.6 is 11.3 Å². The minimum Gasteiger partial charge on any atom is -0.382 e. The van der Waals surface area contributed by atoms with Crippen LogP contribution in [0.25, 0.3) is 0 Å². The molecule has 122 valence electrons. The van der Waals surface area contributed by atoms with Crippen LogP contribution in [0, 0.1) is 5.82 Å². The van der Waals surface area contributed by atoms with Gasteiger partial charge in [-0.2, -0.15) is 0 Å². The van der Waals surface area contributed by atoms with Gasteiger partial charge in [-0.15, -0.1) is 0 Å². The third-order valence-electron chi connectivity index (χ3n) is 3.60. The monoisotopic (exact) mass is 341 g/mol. The summed E-state index contributed by atoms with van der Waals surface area (Å²) in [6.07, 6.45) is 0.911. The van der Waals surface area contributed by atoms with Crippen molar-refractivity contribution in [2.24, 2.45) is 0 Å². The van der Waals surface area contributed by atoms with Crippen molar-refractivity contribution in [3.05, 3.63) is 70.4 Å². The summed E-state index contributed by atoms with van der Waals surface area (Å²) in [5.41, 5.74) is 7.88. The summed E-state index contributed by atoms with van der Waals surface area (Å²) in [7, 11) is 0. The van der Waals surface area contributed by atoms with Gasteiger partial charge >= 0.3 is 0 Å². The maximum atomic E-state index is 13.7.